The summed E-state index contributed by atoms with van der Waals surface area (Å²) in [6.07, 6.45) is 1.19. The van der Waals surface area contributed by atoms with Gasteiger partial charge in [-0.05, 0) is 66.8 Å². The van der Waals surface area contributed by atoms with Crippen LogP contribution >= 0.6 is 11.6 Å². The van der Waals surface area contributed by atoms with Crippen LogP contribution in [-0.2, 0) is 4.79 Å². The van der Waals surface area contributed by atoms with Gasteiger partial charge in [-0.1, -0.05) is 41.9 Å². The van der Waals surface area contributed by atoms with E-state index in [2.05, 4.69) is 22.8 Å². The topological polar surface area (TPSA) is 59.6 Å². The first-order chi connectivity index (χ1) is 16.6. The molecule has 0 saturated carbocycles. The molecule has 2 unspecified atom stereocenters. The van der Waals surface area contributed by atoms with Crippen LogP contribution in [0.4, 0.5) is 11.4 Å². The fourth-order valence-electron chi connectivity index (χ4n) is 4.82. The number of methoxy groups -OCH3 is 1. The second-order valence-corrected chi connectivity index (χ2v) is 8.97. The number of rotatable bonds is 5. The van der Waals surface area contributed by atoms with E-state index in [-0.39, 0.29) is 17.7 Å². The molecule has 3 aromatic carbocycles. The van der Waals surface area contributed by atoms with Gasteiger partial charge < -0.3 is 20.1 Å². The summed E-state index contributed by atoms with van der Waals surface area (Å²) >= 11 is 6.53. The van der Waals surface area contributed by atoms with Crippen molar-refractivity contribution < 1.29 is 14.3 Å². The number of anilines is 2. The van der Waals surface area contributed by atoms with E-state index in [4.69, 9.17) is 21.1 Å². The average molecular weight is 475 g/mol. The lowest BCUT2D eigenvalue weighted by atomic mass is 9.78. The summed E-state index contributed by atoms with van der Waals surface area (Å²) in [7, 11) is 1.66. The van der Waals surface area contributed by atoms with Gasteiger partial charge in [-0.3, -0.25) is 4.79 Å². The Labute approximate surface area is 204 Å². The number of Topliss-reactive ketones (excluding diaryl/α,β-unsaturated/α-hetero) is 1. The number of benzene rings is 3. The number of nitrogens with one attached hydrogen (secondary N) is 2. The number of halogens is 1. The maximum Gasteiger partial charge on any atom is 0.163 e. The second-order valence-electron chi connectivity index (χ2n) is 8.56. The summed E-state index contributed by atoms with van der Waals surface area (Å²) < 4.78 is 10.9. The van der Waals surface area contributed by atoms with Gasteiger partial charge in [0.25, 0.3) is 0 Å². The molecule has 0 saturated heterocycles. The molecule has 1 aliphatic heterocycles. The minimum atomic E-state index is -0.316. The lowest BCUT2D eigenvalue weighted by Gasteiger charge is -2.30. The summed E-state index contributed by atoms with van der Waals surface area (Å²) in [6, 6.07) is 21.5. The Hall–Kier alpha value is -3.44. The first kappa shape index (κ1) is 22.4. The molecule has 0 amide bonds. The average Bonchev–Trinajstić information content (AvgIpc) is 3.02. The van der Waals surface area contributed by atoms with E-state index >= 15 is 0 Å². The zero-order valence-corrected chi connectivity index (χ0v) is 20.0. The summed E-state index contributed by atoms with van der Waals surface area (Å²) in [5.41, 5.74) is 5.67. The number of allylic oxidation sites excluding steroid dienone is 1. The molecule has 2 aliphatic rings. The van der Waals surface area contributed by atoms with Crippen molar-refractivity contribution in [2.45, 2.75) is 31.7 Å². The van der Waals surface area contributed by atoms with E-state index in [1.807, 2.05) is 61.5 Å². The van der Waals surface area contributed by atoms with Gasteiger partial charge in [-0.25, -0.2) is 0 Å². The van der Waals surface area contributed by atoms with E-state index in [0.29, 0.717) is 23.8 Å². The van der Waals surface area contributed by atoms with Crippen LogP contribution in [0.25, 0.3) is 0 Å². The molecule has 0 aromatic heterocycles. The minimum absolute atomic E-state index is 0.0967. The third-order valence-corrected chi connectivity index (χ3v) is 6.78. The number of ketones is 1. The van der Waals surface area contributed by atoms with Crippen molar-refractivity contribution in [3.63, 3.8) is 0 Å². The highest BCUT2D eigenvalue weighted by Gasteiger charge is 2.36. The van der Waals surface area contributed by atoms with Gasteiger partial charge in [0.05, 0.1) is 36.2 Å². The number of para-hydroxylation sites is 2. The van der Waals surface area contributed by atoms with E-state index < -0.39 is 0 Å². The molecule has 5 rings (SSSR count). The zero-order chi connectivity index (χ0) is 23.7. The van der Waals surface area contributed by atoms with E-state index in [1.54, 1.807) is 7.11 Å². The molecule has 1 aliphatic carbocycles. The Morgan fingerprint density at radius 1 is 0.971 bits per heavy atom. The highest BCUT2D eigenvalue weighted by molar-refractivity contribution is 6.32. The predicted molar refractivity (Wildman–Crippen MR) is 136 cm³/mol. The quantitative estimate of drug-likeness (QED) is 0.429. The van der Waals surface area contributed by atoms with E-state index in [9.17, 15) is 4.79 Å². The molecule has 1 heterocycles. The Balaban J connectivity index is 1.56. The molecule has 2 atom stereocenters. The van der Waals surface area contributed by atoms with Crippen LogP contribution < -0.4 is 20.1 Å². The monoisotopic (exact) mass is 474 g/mol. The molecule has 34 heavy (non-hydrogen) atoms. The number of hydrogen-bond acceptors (Lipinski definition) is 5. The molecule has 3 aromatic rings. The van der Waals surface area contributed by atoms with Gasteiger partial charge in [-0.15, -0.1) is 0 Å². The van der Waals surface area contributed by atoms with Crippen molar-refractivity contribution in [2.24, 2.45) is 0 Å². The zero-order valence-electron chi connectivity index (χ0n) is 19.2. The summed E-state index contributed by atoms with van der Waals surface area (Å²) in [6.45, 7) is 2.47. The maximum absolute atomic E-state index is 13.7. The molecule has 174 valence electrons. The van der Waals surface area contributed by atoms with Crippen molar-refractivity contribution in [1.82, 2.24) is 0 Å². The normalized spacial score (nSPS) is 19.3. The SMILES string of the molecule is CCOc1ccc(C2Nc3ccccc3NC3=C2C(=O)CC(c2ccc(OC)cc2)C3)cc1Cl. The number of carbonyl (C=O) groups excluding carboxylic acids is 1. The standard InChI is InChI=1S/C28H27ClN2O3/c1-3-34-26-13-10-18(14-21(26)29)28-27-24(30-22-6-4-5-7-23(22)31-28)15-19(16-25(27)32)17-8-11-20(33-2)12-9-17/h4-14,19,28,30-31H,3,15-16H2,1-2H3. The summed E-state index contributed by atoms with van der Waals surface area (Å²) in [4.78, 5) is 13.7. The van der Waals surface area contributed by atoms with Gasteiger partial charge in [0.1, 0.15) is 11.5 Å². The first-order valence-corrected chi connectivity index (χ1v) is 11.9. The molecule has 2 N–H and O–H groups in total. The third kappa shape index (κ3) is 4.24. The van der Waals surface area contributed by atoms with E-state index in [1.165, 1.54) is 0 Å². The molecule has 0 bridgehead atoms. The molecule has 0 spiro atoms. The van der Waals surface area contributed by atoms with Gasteiger partial charge in [-0.2, -0.15) is 0 Å². The number of hydrogen-bond donors (Lipinski definition) is 2. The van der Waals surface area contributed by atoms with Crippen LogP contribution in [-0.4, -0.2) is 19.5 Å². The largest absolute Gasteiger partial charge is 0.497 e. The molecule has 0 fully saturated rings. The van der Waals surface area contributed by atoms with Crippen molar-refractivity contribution in [2.75, 3.05) is 24.4 Å². The van der Waals surface area contributed by atoms with Crippen LogP contribution in [0.15, 0.2) is 78.0 Å². The Kier molecular flexibility index (Phi) is 6.20. The van der Waals surface area contributed by atoms with Crippen LogP contribution in [0.1, 0.15) is 42.9 Å². The Bertz CT molecular complexity index is 1250. The predicted octanol–water partition coefficient (Wildman–Crippen LogP) is 6.73. The highest BCUT2D eigenvalue weighted by Crippen LogP contribution is 2.45. The van der Waals surface area contributed by atoms with Gasteiger partial charge in [0.15, 0.2) is 5.78 Å². The van der Waals surface area contributed by atoms with Crippen molar-refractivity contribution in [3.05, 3.63) is 94.1 Å². The molecular formula is C28H27ClN2O3. The smallest absolute Gasteiger partial charge is 0.163 e. The fraction of sp³-hybridized carbons (Fsp3) is 0.250. The third-order valence-electron chi connectivity index (χ3n) is 6.49. The molecular weight excluding hydrogens is 448 g/mol. The van der Waals surface area contributed by atoms with Gasteiger partial charge in [0, 0.05) is 17.7 Å². The lowest BCUT2D eigenvalue weighted by molar-refractivity contribution is -0.116. The van der Waals surface area contributed by atoms with Crippen molar-refractivity contribution in [1.29, 1.82) is 0 Å². The fourth-order valence-corrected chi connectivity index (χ4v) is 5.07. The van der Waals surface area contributed by atoms with Gasteiger partial charge >= 0.3 is 0 Å². The maximum atomic E-state index is 13.7. The Morgan fingerprint density at radius 3 is 2.41 bits per heavy atom. The lowest BCUT2D eigenvalue weighted by Crippen LogP contribution is -2.26. The van der Waals surface area contributed by atoms with E-state index in [0.717, 1.165) is 45.9 Å². The second kappa shape index (κ2) is 9.43. The van der Waals surface area contributed by atoms with Crippen molar-refractivity contribution >= 4 is 28.8 Å². The molecule has 5 nitrogen and oxygen atoms in total. The molecule has 0 radical (unpaired) electrons. The van der Waals surface area contributed by atoms with Crippen LogP contribution in [0.5, 0.6) is 11.5 Å². The van der Waals surface area contributed by atoms with Gasteiger partial charge in [0.2, 0.25) is 0 Å². The van der Waals surface area contributed by atoms with Crippen LogP contribution in [0, 0.1) is 0 Å². The summed E-state index contributed by atoms with van der Waals surface area (Å²) in [5.74, 6) is 1.68. The van der Waals surface area contributed by atoms with Crippen molar-refractivity contribution in [3.8, 4) is 11.5 Å². The first-order valence-electron chi connectivity index (χ1n) is 11.5. The number of carbonyl (C=O) groups is 1. The minimum Gasteiger partial charge on any atom is -0.497 e. The van der Waals surface area contributed by atoms with Crippen LogP contribution in [0.2, 0.25) is 5.02 Å². The number of ether oxygens (including phenoxy) is 2. The molecule has 6 heteroatoms. The highest BCUT2D eigenvalue weighted by atomic mass is 35.5. The summed E-state index contributed by atoms with van der Waals surface area (Å²) in [5, 5.41) is 7.71. The Morgan fingerprint density at radius 2 is 1.71 bits per heavy atom. The van der Waals surface area contributed by atoms with Crippen LogP contribution in [0.3, 0.4) is 0 Å². The number of fused-ring (bicyclic) bond motifs is 1.